The number of hydrogen-bond donors (Lipinski definition) is 0. The summed E-state index contributed by atoms with van der Waals surface area (Å²) in [4.78, 5) is 14.5. The van der Waals surface area contributed by atoms with Crippen LogP contribution in [0.3, 0.4) is 0 Å². The first kappa shape index (κ1) is 7.14. The lowest BCUT2D eigenvalue weighted by molar-refractivity contribution is 0.0600. The Hall–Kier alpha value is -0.970. The quantitative estimate of drug-likeness (QED) is 0.562. The molecule has 1 aromatic rings. The van der Waals surface area contributed by atoms with Crippen LogP contribution in [-0.4, -0.2) is 22.4 Å². The van der Waals surface area contributed by atoms with Crippen molar-refractivity contribution in [2.45, 2.75) is 6.92 Å². The summed E-state index contributed by atoms with van der Waals surface area (Å²) in [5.41, 5.74) is 0. The Bertz CT molecular complexity index is 246. The molecule has 0 N–H and O–H groups in total. The standard InChI is InChI=1S/C5H6N2O2S/c1-3-6-4(10-7-3)5(8)9-2/h1-2H3. The molecule has 0 spiro atoms. The SMILES string of the molecule is COC(=O)c1nc(C)ns1. The third-order valence-corrected chi connectivity index (χ3v) is 1.67. The van der Waals surface area contributed by atoms with Crippen molar-refractivity contribution in [2.75, 3.05) is 7.11 Å². The van der Waals surface area contributed by atoms with Crippen molar-refractivity contribution in [1.82, 2.24) is 9.36 Å². The van der Waals surface area contributed by atoms with Crippen LogP contribution in [0.1, 0.15) is 15.6 Å². The highest BCUT2D eigenvalue weighted by Crippen LogP contribution is 2.03. The molecule has 0 saturated heterocycles. The summed E-state index contributed by atoms with van der Waals surface area (Å²) in [5, 5.41) is 0.306. The van der Waals surface area contributed by atoms with Crippen molar-refractivity contribution in [3.8, 4) is 0 Å². The Kier molecular flexibility index (Phi) is 1.96. The molecule has 54 valence electrons. The first-order valence-electron chi connectivity index (χ1n) is 2.62. The molecule has 0 aliphatic carbocycles. The molecule has 1 heterocycles. The molecule has 0 radical (unpaired) electrons. The fourth-order valence-electron chi connectivity index (χ4n) is 0.467. The minimum atomic E-state index is -0.425. The summed E-state index contributed by atoms with van der Waals surface area (Å²) in [6.07, 6.45) is 0. The van der Waals surface area contributed by atoms with Crippen molar-refractivity contribution < 1.29 is 9.53 Å². The van der Waals surface area contributed by atoms with Gasteiger partial charge in [0.05, 0.1) is 7.11 Å². The van der Waals surface area contributed by atoms with Crippen LogP contribution in [0.2, 0.25) is 0 Å². The molecule has 0 atom stereocenters. The third kappa shape index (κ3) is 1.30. The molecule has 0 unspecified atom stereocenters. The van der Waals surface area contributed by atoms with E-state index in [4.69, 9.17) is 0 Å². The predicted molar refractivity (Wildman–Crippen MR) is 36.0 cm³/mol. The van der Waals surface area contributed by atoms with Crippen LogP contribution < -0.4 is 0 Å². The highest BCUT2D eigenvalue weighted by molar-refractivity contribution is 7.07. The largest absolute Gasteiger partial charge is 0.464 e. The summed E-state index contributed by atoms with van der Waals surface area (Å²) < 4.78 is 8.23. The number of ether oxygens (including phenoxy) is 1. The van der Waals surface area contributed by atoms with E-state index in [0.717, 1.165) is 11.5 Å². The van der Waals surface area contributed by atoms with E-state index in [1.807, 2.05) is 0 Å². The second kappa shape index (κ2) is 2.74. The molecule has 1 aromatic heterocycles. The summed E-state index contributed by atoms with van der Waals surface area (Å²) in [6, 6.07) is 0. The van der Waals surface area contributed by atoms with Gasteiger partial charge in [-0.15, -0.1) is 0 Å². The zero-order valence-corrected chi connectivity index (χ0v) is 6.44. The van der Waals surface area contributed by atoms with Crippen LogP contribution in [0.4, 0.5) is 0 Å². The average Bonchev–Trinajstić information content (AvgIpc) is 2.34. The second-order valence-electron chi connectivity index (χ2n) is 1.64. The van der Waals surface area contributed by atoms with Gasteiger partial charge in [0, 0.05) is 0 Å². The maximum absolute atomic E-state index is 10.7. The number of hydrogen-bond acceptors (Lipinski definition) is 5. The molecule has 4 nitrogen and oxygen atoms in total. The number of carbonyl (C=O) groups is 1. The van der Waals surface area contributed by atoms with E-state index in [9.17, 15) is 4.79 Å². The lowest BCUT2D eigenvalue weighted by Crippen LogP contribution is -1.99. The molecule has 0 amide bonds. The zero-order chi connectivity index (χ0) is 7.56. The van der Waals surface area contributed by atoms with Gasteiger partial charge in [0.15, 0.2) is 0 Å². The molecular formula is C5H6N2O2S. The third-order valence-electron chi connectivity index (χ3n) is 0.888. The minimum absolute atomic E-state index is 0.306. The number of rotatable bonds is 1. The molecule has 0 fully saturated rings. The van der Waals surface area contributed by atoms with E-state index in [-0.39, 0.29) is 0 Å². The average molecular weight is 158 g/mol. The Labute approximate surface area is 62.0 Å². The molecule has 0 saturated carbocycles. The van der Waals surface area contributed by atoms with Crippen molar-refractivity contribution >= 4 is 17.5 Å². The fourth-order valence-corrected chi connectivity index (χ4v) is 1.06. The Morgan fingerprint density at radius 1 is 1.70 bits per heavy atom. The van der Waals surface area contributed by atoms with Gasteiger partial charge < -0.3 is 4.74 Å². The van der Waals surface area contributed by atoms with Crippen LogP contribution in [0, 0.1) is 6.92 Å². The molecule has 10 heavy (non-hydrogen) atoms. The normalized spacial score (nSPS) is 9.40. The van der Waals surface area contributed by atoms with Crippen LogP contribution in [-0.2, 0) is 4.74 Å². The monoisotopic (exact) mass is 158 g/mol. The van der Waals surface area contributed by atoms with Crippen LogP contribution in [0.25, 0.3) is 0 Å². The van der Waals surface area contributed by atoms with E-state index < -0.39 is 5.97 Å². The van der Waals surface area contributed by atoms with Gasteiger partial charge in [0.25, 0.3) is 0 Å². The fraction of sp³-hybridized carbons (Fsp3) is 0.400. The van der Waals surface area contributed by atoms with Crippen LogP contribution >= 0.6 is 11.5 Å². The molecular weight excluding hydrogens is 152 g/mol. The highest BCUT2D eigenvalue weighted by atomic mass is 32.1. The number of carbonyl (C=O) groups excluding carboxylic acids is 1. The smallest absolute Gasteiger partial charge is 0.368 e. The van der Waals surface area contributed by atoms with Crippen LogP contribution in [0.15, 0.2) is 0 Å². The Morgan fingerprint density at radius 3 is 2.80 bits per heavy atom. The van der Waals surface area contributed by atoms with E-state index in [0.29, 0.717) is 10.8 Å². The van der Waals surface area contributed by atoms with Gasteiger partial charge in [0.1, 0.15) is 5.82 Å². The lowest BCUT2D eigenvalue weighted by atomic mass is 10.7. The van der Waals surface area contributed by atoms with Gasteiger partial charge in [-0.25, -0.2) is 9.78 Å². The number of esters is 1. The Morgan fingerprint density at radius 2 is 2.40 bits per heavy atom. The van der Waals surface area contributed by atoms with Gasteiger partial charge in [-0.05, 0) is 18.5 Å². The second-order valence-corrected chi connectivity index (χ2v) is 2.39. The van der Waals surface area contributed by atoms with E-state index in [1.165, 1.54) is 7.11 Å². The topological polar surface area (TPSA) is 52.1 Å². The molecule has 0 aromatic carbocycles. The van der Waals surface area contributed by atoms with Gasteiger partial charge in [-0.1, -0.05) is 0 Å². The predicted octanol–water partition coefficient (Wildman–Crippen LogP) is 0.633. The van der Waals surface area contributed by atoms with Gasteiger partial charge in [-0.2, -0.15) is 4.37 Å². The minimum Gasteiger partial charge on any atom is -0.464 e. The number of aromatic nitrogens is 2. The summed E-state index contributed by atoms with van der Waals surface area (Å²) >= 11 is 1.05. The highest BCUT2D eigenvalue weighted by Gasteiger charge is 2.09. The summed E-state index contributed by atoms with van der Waals surface area (Å²) in [6.45, 7) is 1.73. The summed E-state index contributed by atoms with van der Waals surface area (Å²) in [7, 11) is 1.32. The molecule has 5 heteroatoms. The van der Waals surface area contributed by atoms with Crippen molar-refractivity contribution in [3.05, 3.63) is 10.8 Å². The molecule has 0 aliphatic heterocycles. The number of nitrogens with zero attached hydrogens (tertiary/aromatic N) is 2. The first-order chi connectivity index (χ1) is 4.74. The lowest BCUT2D eigenvalue weighted by Gasteiger charge is -1.88. The molecule has 1 rings (SSSR count). The van der Waals surface area contributed by atoms with Gasteiger partial charge in [0.2, 0.25) is 5.01 Å². The number of aryl methyl sites for hydroxylation is 1. The van der Waals surface area contributed by atoms with Crippen molar-refractivity contribution in [2.24, 2.45) is 0 Å². The van der Waals surface area contributed by atoms with Crippen molar-refractivity contribution in [1.29, 1.82) is 0 Å². The van der Waals surface area contributed by atoms with Crippen LogP contribution in [0.5, 0.6) is 0 Å². The number of methoxy groups -OCH3 is 1. The summed E-state index contributed by atoms with van der Waals surface area (Å²) in [5.74, 6) is 0.177. The zero-order valence-electron chi connectivity index (χ0n) is 5.62. The first-order valence-corrected chi connectivity index (χ1v) is 3.40. The van der Waals surface area contributed by atoms with Crippen molar-refractivity contribution in [3.63, 3.8) is 0 Å². The van der Waals surface area contributed by atoms with E-state index in [2.05, 4.69) is 14.1 Å². The van der Waals surface area contributed by atoms with E-state index in [1.54, 1.807) is 6.92 Å². The maximum atomic E-state index is 10.7. The Balaban J connectivity index is 2.85. The maximum Gasteiger partial charge on any atom is 0.368 e. The molecule has 0 bridgehead atoms. The van der Waals surface area contributed by atoms with E-state index >= 15 is 0 Å². The van der Waals surface area contributed by atoms with Gasteiger partial charge in [-0.3, -0.25) is 0 Å². The molecule has 0 aliphatic rings. The van der Waals surface area contributed by atoms with Gasteiger partial charge >= 0.3 is 5.97 Å².